The van der Waals surface area contributed by atoms with E-state index in [0.717, 1.165) is 23.7 Å². The molecule has 1 heterocycles. The number of carbonyl (C=O) groups is 1. The van der Waals surface area contributed by atoms with Crippen LogP contribution >= 0.6 is 0 Å². The molecule has 31 heavy (non-hydrogen) atoms. The summed E-state index contributed by atoms with van der Waals surface area (Å²) in [4.78, 5) is 11.4. The van der Waals surface area contributed by atoms with Crippen LogP contribution in [0.25, 0.3) is 10.9 Å². The largest absolute Gasteiger partial charge is 0.490 e. The molecule has 0 saturated heterocycles. The van der Waals surface area contributed by atoms with Gasteiger partial charge in [-0.1, -0.05) is 49.6 Å². The molecule has 2 aromatic carbocycles. The second kappa shape index (κ2) is 11.0. The van der Waals surface area contributed by atoms with Crippen LogP contribution in [0.4, 0.5) is 0 Å². The predicted molar refractivity (Wildman–Crippen MR) is 122 cm³/mol. The molecular formula is C25H32N2O4. The molecule has 1 N–H and O–H groups in total. The van der Waals surface area contributed by atoms with Crippen LogP contribution in [0, 0.1) is 0 Å². The number of hydrogen-bond acceptors (Lipinski definition) is 4. The summed E-state index contributed by atoms with van der Waals surface area (Å²) in [6.07, 6.45) is 7.97. The van der Waals surface area contributed by atoms with E-state index >= 15 is 0 Å². The van der Waals surface area contributed by atoms with Gasteiger partial charge in [0.05, 0.1) is 24.3 Å². The van der Waals surface area contributed by atoms with Gasteiger partial charge < -0.3 is 14.6 Å². The van der Waals surface area contributed by atoms with Crippen molar-refractivity contribution < 1.29 is 19.4 Å². The number of rotatable bonds is 6. The van der Waals surface area contributed by atoms with Crippen molar-refractivity contribution >= 4 is 16.9 Å². The number of nitrogens with zero attached hydrogens (tertiary/aromatic N) is 2. The van der Waals surface area contributed by atoms with Crippen molar-refractivity contribution in [1.82, 2.24) is 9.78 Å². The van der Waals surface area contributed by atoms with Crippen molar-refractivity contribution in [2.45, 2.75) is 64.7 Å². The number of hydrogen-bond donors (Lipinski definition) is 1. The maximum atomic E-state index is 11.4. The number of aromatic carboxylic acids is 1. The van der Waals surface area contributed by atoms with Crippen LogP contribution in [-0.2, 0) is 11.3 Å². The van der Waals surface area contributed by atoms with Gasteiger partial charge in [-0.25, -0.2) is 4.79 Å². The molecule has 6 nitrogen and oxygen atoms in total. The first kappa shape index (κ1) is 22.8. The summed E-state index contributed by atoms with van der Waals surface area (Å²) in [7, 11) is 1.70. The van der Waals surface area contributed by atoms with Gasteiger partial charge in [-0.05, 0) is 38.3 Å². The van der Waals surface area contributed by atoms with Gasteiger partial charge in [-0.15, -0.1) is 0 Å². The van der Waals surface area contributed by atoms with Crippen molar-refractivity contribution in [2.24, 2.45) is 0 Å². The zero-order chi connectivity index (χ0) is 22.2. The molecule has 0 amide bonds. The second-order valence-corrected chi connectivity index (χ2v) is 8.20. The molecule has 0 radical (unpaired) electrons. The Morgan fingerprint density at radius 2 is 1.87 bits per heavy atom. The summed E-state index contributed by atoms with van der Waals surface area (Å²) in [6, 6.07) is 14.0. The molecule has 166 valence electrons. The van der Waals surface area contributed by atoms with Crippen LogP contribution in [0.5, 0.6) is 5.75 Å². The summed E-state index contributed by atoms with van der Waals surface area (Å²) < 4.78 is 12.6. The third kappa shape index (κ3) is 6.31. The van der Waals surface area contributed by atoms with E-state index in [4.69, 9.17) is 9.47 Å². The lowest BCUT2D eigenvalue weighted by atomic mass is 9.96. The minimum Gasteiger partial charge on any atom is -0.490 e. The number of fused-ring (bicyclic) bond motifs is 1. The van der Waals surface area contributed by atoms with E-state index in [1.54, 1.807) is 19.2 Å². The Morgan fingerprint density at radius 3 is 2.48 bits per heavy atom. The van der Waals surface area contributed by atoms with Crippen molar-refractivity contribution in [3.8, 4) is 5.75 Å². The first-order valence-corrected chi connectivity index (χ1v) is 10.9. The lowest BCUT2D eigenvalue weighted by Crippen LogP contribution is -2.12. The fraction of sp³-hybridized carbons (Fsp3) is 0.440. The van der Waals surface area contributed by atoms with Crippen molar-refractivity contribution in [1.29, 1.82) is 0 Å². The molecule has 1 aromatic heterocycles. The van der Waals surface area contributed by atoms with Gasteiger partial charge in [0.25, 0.3) is 0 Å². The third-order valence-corrected chi connectivity index (χ3v) is 5.32. The summed E-state index contributed by atoms with van der Waals surface area (Å²) in [5.74, 6) is -0.577. The highest BCUT2D eigenvalue weighted by Crippen LogP contribution is 2.31. The number of benzene rings is 2. The SMILES string of the molecule is CC(C)Oc1cc2nn(C3CCCCC3)cc2cc1C(=O)O.COCc1ccccc1. The minimum atomic E-state index is -0.969. The minimum absolute atomic E-state index is 0.0732. The quantitative estimate of drug-likeness (QED) is 0.536. The number of aromatic nitrogens is 2. The average Bonchev–Trinajstić information content (AvgIpc) is 3.18. The molecule has 1 fully saturated rings. The summed E-state index contributed by atoms with van der Waals surface area (Å²) in [5.41, 5.74) is 2.22. The molecule has 3 aromatic rings. The van der Waals surface area contributed by atoms with Gasteiger partial charge in [-0.2, -0.15) is 5.10 Å². The van der Waals surface area contributed by atoms with Gasteiger partial charge in [0.2, 0.25) is 0 Å². The smallest absolute Gasteiger partial charge is 0.339 e. The molecule has 1 saturated carbocycles. The average molecular weight is 425 g/mol. The maximum Gasteiger partial charge on any atom is 0.339 e. The van der Waals surface area contributed by atoms with Crippen molar-refractivity contribution in [2.75, 3.05) is 7.11 Å². The van der Waals surface area contributed by atoms with Gasteiger partial charge in [-0.3, -0.25) is 4.68 Å². The Hall–Kier alpha value is -2.86. The van der Waals surface area contributed by atoms with Crippen molar-refractivity contribution in [3.05, 3.63) is 59.8 Å². The van der Waals surface area contributed by atoms with Crippen LogP contribution in [0.3, 0.4) is 0 Å². The molecule has 4 rings (SSSR count). The molecule has 1 aliphatic rings. The fourth-order valence-electron chi connectivity index (χ4n) is 3.86. The van der Waals surface area contributed by atoms with Gasteiger partial charge in [0.15, 0.2) is 0 Å². The first-order valence-electron chi connectivity index (χ1n) is 10.9. The van der Waals surface area contributed by atoms with E-state index in [1.165, 1.54) is 24.8 Å². The van der Waals surface area contributed by atoms with Crippen LogP contribution in [0.15, 0.2) is 48.7 Å². The van der Waals surface area contributed by atoms with Gasteiger partial charge in [0, 0.05) is 24.8 Å². The Balaban J connectivity index is 0.000000254. The Kier molecular flexibility index (Phi) is 8.06. The molecular weight excluding hydrogens is 392 g/mol. The standard InChI is InChI=1S/C17H22N2O3.C8H10O/c1-11(2)22-16-9-15-12(8-14(16)17(20)21)10-19(18-15)13-6-4-3-5-7-13;1-9-7-8-5-3-2-4-6-8/h8-11,13H,3-7H2,1-2H3,(H,20,21);2-6H,7H2,1H3. The predicted octanol–water partition coefficient (Wildman–Crippen LogP) is 5.86. The molecule has 0 aliphatic heterocycles. The second-order valence-electron chi connectivity index (χ2n) is 8.20. The number of ether oxygens (including phenoxy) is 2. The van der Waals surface area contributed by atoms with Crippen LogP contribution in [0.1, 0.15) is 67.9 Å². The molecule has 0 bridgehead atoms. The molecule has 0 unspecified atom stereocenters. The lowest BCUT2D eigenvalue weighted by Gasteiger charge is -2.21. The zero-order valence-electron chi connectivity index (χ0n) is 18.6. The highest BCUT2D eigenvalue weighted by molar-refractivity contribution is 5.96. The van der Waals surface area contributed by atoms with Crippen LogP contribution in [-0.4, -0.2) is 34.1 Å². The number of carboxylic acids is 1. The van der Waals surface area contributed by atoms with Crippen LogP contribution in [0.2, 0.25) is 0 Å². The Bertz CT molecular complexity index is 976. The highest BCUT2D eigenvalue weighted by atomic mass is 16.5. The van der Waals surface area contributed by atoms with Gasteiger partial charge in [0.1, 0.15) is 11.3 Å². The molecule has 0 atom stereocenters. The molecule has 0 spiro atoms. The zero-order valence-corrected chi connectivity index (χ0v) is 18.6. The first-order chi connectivity index (χ1) is 15.0. The summed E-state index contributed by atoms with van der Waals surface area (Å²) in [5, 5.41) is 14.9. The summed E-state index contributed by atoms with van der Waals surface area (Å²) >= 11 is 0. The topological polar surface area (TPSA) is 73.6 Å². The van der Waals surface area contributed by atoms with E-state index in [0.29, 0.717) is 18.4 Å². The summed E-state index contributed by atoms with van der Waals surface area (Å²) in [6.45, 7) is 4.48. The monoisotopic (exact) mass is 424 g/mol. The van der Waals surface area contributed by atoms with Gasteiger partial charge >= 0.3 is 5.97 Å². The fourth-order valence-corrected chi connectivity index (χ4v) is 3.86. The van der Waals surface area contributed by atoms with Crippen molar-refractivity contribution in [3.63, 3.8) is 0 Å². The lowest BCUT2D eigenvalue weighted by molar-refractivity contribution is 0.0691. The van der Waals surface area contributed by atoms with Crippen LogP contribution < -0.4 is 4.74 Å². The van der Waals surface area contributed by atoms with E-state index in [1.807, 2.05) is 55.1 Å². The normalized spacial score (nSPS) is 14.3. The Morgan fingerprint density at radius 1 is 1.16 bits per heavy atom. The highest BCUT2D eigenvalue weighted by Gasteiger charge is 2.19. The molecule has 6 heteroatoms. The van der Waals surface area contributed by atoms with E-state index in [-0.39, 0.29) is 11.7 Å². The molecule has 1 aliphatic carbocycles. The Labute approximate surface area is 183 Å². The third-order valence-electron chi connectivity index (χ3n) is 5.32. The number of carboxylic acid groups (broad SMARTS) is 1. The number of methoxy groups -OCH3 is 1. The van der Waals surface area contributed by atoms with E-state index in [2.05, 4.69) is 5.10 Å². The van der Waals surface area contributed by atoms with E-state index < -0.39 is 5.97 Å². The maximum absolute atomic E-state index is 11.4. The van der Waals surface area contributed by atoms with E-state index in [9.17, 15) is 9.90 Å².